The Morgan fingerprint density at radius 2 is 1.92 bits per heavy atom. The number of aliphatic hydroxyl groups excluding tert-OH is 1. The predicted octanol–water partition coefficient (Wildman–Crippen LogP) is 5.83. The number of esters is 1. The van der Waals surface area contributed by atoms with Crippen LogP contribution in [0, 0.1) is 0 Å². The first-order valence-electron chi connectivity index (χ1n) is 12.0. The van der Waals surface area contributed by atoms with Gasteiger partial charge < -0.3 is 19.2 Å². The monoisotopic (exact) mass is 530 g/mol. The Morgan fingerprint density at radius 1 is 1.13 bits per heavy atom. The first-order chi connectivity index (χ1) is 18.4. The maximum atomic E-state index is 13.6. The predicted molar refractivity (Wildman–Crippen MR) is 140 cm³/mol. The lowest BCUT2D eigenvalue weighted by Crippen LogP contribution is -2.30. The molecule has 1 unspecified atom stereocenters. The first kappa shape index (κ1) is 25.2. The second-order valence-corrected chi connectivity index (χ2v) is 9.28. The van der Waals surface area contributed by atoms with Gasteiger partial charge in [-0.25, -0.2) is 4.79 Å². The van der Waals surface area contributed by atoms with Gasteiger partial charge in [0.05, 0.1) is 23.8 Å². The molecule has 0 spiro atoms. The number of hydrogen-bond acceptors (Lipinski definition) is 7. The third-order valence-electron chi connectivity index (χ3n) is 6.23. The van der Waals surface area contributed by atoms with Gasteiger partial charge in [0.25, 0.3) is 5.91 Å². The lowest BCUT2D eigenvalue weighted by Gasteiger charge is -2.26. The molecular weight excluding hydrogens is 508 g/mol. The van der Waals surface area contributed by atoms with Crippen molar-refractivity contribution in [3.05, 3.63) is 112 Å². The first-order valence-corrected chi connectivity index (χ1v) is 12.4. The number of aromatic nitrogens is 1. The smallest absolute Gasteiger partial charge is 0.338 e. The fourth-order valence-electron chi connectivity index (χ4n) is 4.41. The number of ketones is 1. The standard InChI is InChI=1S/C29H23ClN2O6/c1-2-12-37-29(36)18-7-5-17(6-8-18)16-32-25(19-4-3-11-31-15-19)24(27(34)28(32)35)26(33)23-14-20-13-21(30)9-10-22(20)38-23/h3-11,13-15,25,34H,2,12,16H2,1H3. The molecule has 1 aliphatic rings. The largest absolute Gasteiger partial charge is 0.503 e. The average molecular weight is 531 g/mol. The Kier molecular flexibility index (Phi) is 6.98. The maximum absolute atomic E-state index is 13.6. The van der Waals surface area contributed by atoms with Crippen LogP contribution >= 0.6 is 11.6 Å². The molecule has 38 heavy (non-hydrogen) atoms. The number of Topliss-reactive ketones (excluding diaryl/α,β-unsaturated/α-hetero) is 1. The van der Waals surface area contributed by atoms with E-state index in [1.165, 1.54) is 11.0 Å². The van der Waals surface area contributed by atoms with Crippen molar-refractivity contribution in [2.24, 2.45) is 0 Å². The number of amides is 1. The van der Waals surface area contributed by atoms with Crippen LogP contribution in [0.25, 0.3) is 11.0 Å². The summed E-state index contributed by atoms with van der Waals surface area (Å²) in [7, 11) is 0. The third kappa shape index (κ3) is 4.78. The highest BCUT2D eigenvalue weighted by Gasteiger charge is 2.44. The van der Waals surface area contributed by atoms with Crippen LogP contribution in [0.5, 0.6) is 0 Å². The minimum absolute atomic E-state index is 0.0256. The molecule has 2 aromatic heterocycles. The fraction of sp³-hybridized carbons (Fsp3) is 0.172. The van der Waals surface area contributed by atoms with E-state index in [1.54, 1.807) is 67.0 Å². The van der Waals surface area contributed by atoms with Crippen LogP contribution in [0.1, 0.15) is 51.4 Å². The van der Waals surface area contributed by atoms with Crippen LogP contribution in [0.2, 0.25) is 5.02 Å². The Labute approximate surface area is 223 Å². The molecule has 1 aliphatic heterocycles. The second kappa shape index (κ2) is 10.5. The van der Waals surface area contributed by atoms with E-state index in [0.717, 1.165) is 6.42 Å². The van der Waals surface area contributed by atoms with E-state index < -0.39 is 29.5 Å². The van der Waals surface area contributed by atoms with Crippen molar-refractivity contribution in [1.82, 2.24) is 9.88 Å². The molecule has 1 amide bonds. The Hall–Kier alpha value is -4.43. The normalized spacial score (nSPS) is 15.4. The number of furan rings is 1. The number of halogens is 1. The molecule has 0 fully saturated rings. The van der Waals surface area contributed by atoms with Crippen molar-refractivity contribution < 1.29 is 28.6 Å². The number of fused-ring (bicyclic) bond motifs is 1. The molecule has 0 aliphatic carbocycles. The zero-order valence-electron chi connectivity index (χ0n) is 20.4. The van der Waals surface area contributed by atoms with Crippen molar-refractivity contribution in [3.63, 3.8) is 0 Å². The van der Waals surface area contributed by atoms with Crippen LogP contribution in [0.4, 0.5) is 0 Å². The molecular formula is C29H23ClN2O6. The van der Waals surface area contributed by atoms with Crippen molar-refractivity contribution in [3.8, 4) is 0 Å². The summed E-state index contributed by atoms with van der Waals surface area (Å²) in [6.07, 6.45) is 3.84. The summed E-state index contributed by atoms with van der Waals surface area (Å²) in [4.78, 5) is 44.6. The summed E-state index contributed by atoms with van der Waals surface area (Å²) in [5.41, 5.74) is 1.98. The highest BCUT2D eigenvalue weighted by molar-refractivity contribution is 6.31. The quantitative estimate of drug-likeness (QED) is 0.225. The van der Waals surface area contributed by atoms with Gasteiger partial charge in [-0.2, -0.15) is 0 Å². The van der Waals surface area contributed by atoms with Crippen LogP contribution < -0.4 is 0 Å². The number of benzene rings is 2. The molecule has 0 bridgehead atoms. The van der Waals surface area contributed by atoms with E-state index in [0.29, 0.717) is 39.3 Å². The average Bonchev–Trinajstić information content (AvgIpc) is 3.46. The van der Waals surface area contributed by atoms with Crippen LogP contribution in [-0.4, -0.2) is 39.3 Å². The van der Waals surface area contributed by atoms with Gasteiger partial charge in [-0.05, 0) is 60.0 Å². The van der Waals surface area contributed by atoms with E-state index in [4.69, 9.17) is 20.8 Å². The highest BCUT2D eigenvalue weighted by atomic mass is 35.5. The van der Waals surface area contributed by atoms with E-state index in [2.05, 4.69) is 4.98 Å². The number of rotatable bonds is 8. The Balaban J connectivity index is 1.48. The number of aliphatic hydroxyl groups is 1. The van der Waals surface area contributed by atoms with Gasteiger partial charge >= 0.3 is 5.97 Å². The SMILES string of the molecule is CCCOC(=O)c1ccc(CN2C(=O)C(O)=C(C(=O)c3cc4cc(Cl)ccc4o3)C2c2cccnc2)cc1. The van der Waals surface area contributed by atoms with Gasteiger partial charge in [0, 0.05) is 29.3 Å². The van der Waals surface area contributed by atoms with Crippen molar-refractivity contribution in [1.29, 1.82) is 0 Å². The molecule has 8 nitrogen and oxygen atoms in total. The molecule has 0 saturated carbocycles. The molecule has 0 radical (unpaired) electrons. The molecule has 4 aromatic rings. The molecule has 2 aromatic carbocycles. The van der Waals surface area contributed by atoms with Gasteiger partial charge in [-0.1, -0.05) is 36.7 Å². The summed E-state index contributed by atoms with van der Waals surface area (Å²) >= 11 is 6.07. The van der Waals surface area contributed by atoms with E-state index in [9.17, 15) is 19.5 Å². The number of carbonyl (C=O) groups is 3. The molecule has 3 heterocycles. The molecule has 1 atom stereocenters. The Bertz CT molecular complexity index is 1560. The second-order valence-electron chi connectivity index (χ2n) is 8.84. The number of pyridine rings is 1. The summed E-state index contributed by atoms with van der Waals surface area (Å²) in [5, 5.41) is 12.0. The minimum Gasteiger partial charge on any atom is -0.503 e. The Morgan fingerprint density at radius 3 is 2.63 bits per heavy atom. The lowest BCUT2D eigenvalue weighted by atomic mass is 9.96. The van der Waals surface area contributed by atoms with Gasteiger partial charge in [-0.15, -0.1) is 0 Å². The van der Waals surface area contributed by atoms with Gasteiger partial charge in [0.15, 0.2) is 11.5 Å². The lowest BCUT2D eigenvalue weighted by molar-refractivity contribution is -0.130. The van der Waals surface area contributed by atoms with Crippen molar-refractivity contribution in [2.45, 2.75) is 25.9 Å². The van der Waals surface area contributed by atoms with Crippen LogP contribution in [0.3, 0.4) is 0 Å². The van der Waals surface area contributed by atoms with E-state index in [-0.39, 0.29) is 17.9 Å². The van der Waals surface area contributed by atoms with Gasteiger partial charge in [-0.3, -0.25) is 14.6 Å². The molecule has 5 rings (SSSR count). The van der Waals surface area contributed by atoms with E-state index >= 15 is 0 Å². The molecule has 1 N–H and O–H groups in total. The topological polar surface area (TPSA) is 110 Å². The third-order valence-corrected chi connectivity index (χ3v) is 6.47. The number of carbonyl (C=O) groups excluding carboxylic acids is 3. The number of nitrogens with zero attached hydrogens (tertiary/aromatic N) is 2. The van der Waals surface area contributed by atoms with Gasteiger partial charge in [0.1, 0.15) is 5.58 Å². The van der Waals surface area contributed by atoms with Crippen molar-refractivity contribution >= 4 is 40.2 Å². The summed E-state index contributed by atoms with van der Waals surface area (Å²) in [6.45, 7) is 2.31. The summed E-state index contributed by atoms with van der Waals surface area (Å²) in [6, 6.07) is 15.6. The van der Waals surface area contributed by atoms with E-state index in [1.807, 2.05) is 6.92 Å². The van der Waals surface area contributed by atoms with Crippen molar-refractivity contribution in [2.75, 3.05) is 6.61 Å². The minimum atomic E-state index is -0.908. The molecule has 192 valence electrons. The fourth-order valence-corrected chi connectivity index (χ4v) is 4.59. The zero-order chi connectivity index (χ0) is 26.8. The summed E-state index contributed by atoms with van der Waals surface area (Å²) in [5.74, 6) is -2.42. The molecule has 0 saturated heterocycles. The number of ether oxygens (including phenoxy) is 1. The van der Waals surface area contributed by atoms with Gasteiger partial charge in [0.2, 0.25) is 5.78 Å². The molecule has 9 heteroatoms. The highest BCUT2D eigenvalue weighted by Crippen LogP contribution is 2.40. The number of hydrogen-bond donors (Lipinski definition) is 1. The van der Waals surface area contributed by atoms with Crippen LogP contribution in [-0.2, 0) is 16.1 Å². The summed E-state index contributed by atoms with van der Waals surface area (Å²) < 4.78 is 10.9. The zero-order valence-corrected chi connectivity index (χ0v) is 21.1. The van der Waals surface area contributed by atoms with Crippen LogP contribution in [0.15, 0.2) is 88.8 Å². The maximum Gasteiger partial charge on any atom is 0.338 e.